The molecule has 2 heterocycles. The molecular formula is C31H40F3N3O3. The Morgan fingerprint density at radius 1 is 1.23 bits per heavy atom. The molecule has 9 heteroatoms. The number of aromatic nitrogens is 2. The van der Waals surface area contributed by atoms with E-state index in [2.05, 4.69) is 44.2 Å². The van der Waals surface area contributed by atoms with Gasteiger partial charge in [0.2, 0.25) is 0 Å². The van der Waals surface area contributed by atoms with Crippen molar-refractivity contribution in [2.75, 3.05) is 13.7 Å². The molecule has 0 saturated heterocycles. The van der Waals surface area contributed by atoms with Gasteiger partial charge in [0.05, 0.1) is 18.8 Å². The molecule has 1 unspecified atom stereocenters. The van der Waals surface area contributed by atoms with Crippen LogP contribution in [0.3, 0.4) is 0 Å². The number of ether oxygens (including phenoxy) is 2. The smallest absolute Gasteiger partial charge is 0.387 e. The lowest BCUT2D eigenvalue weighted by Crippen LogP contribution is -2.27. The largest absolute Gasteiger partial charge is 0.496 e. The van der Waals surface area contributed by atoms with Gasteiger partial charge in [-0.2, -0.15) is 13.9 Å². The maximum Gasteiger partial charge on any atom is 0.387 e. The second kappa shape index (κ2) is 12.5. The quantitative estimate of drug-likeness (QED) is 0.221. The molecule has 0 bridgehead atoms. The maximum absolute atomic E-state index is 13.4. The van der Waals surface area contributed by atoms with Crippen molar-refractivity contribution in [3.8, 4) is 22.6 Å². The number of halogens is 3. The second-order valence-corrected chi connectivity index (χ2v) is 11.5. The first-order valence-corrected chi connectivity index (χ1v) is 14.1. The van der Waals surface area contributed by atoms with E-state index in [0.29, 0.717) is 23.5 Å². The number of alkyl halides is 3. The molecule has 0 aliphatic heterocycles. The SMILES string of the molecule is CCCCC(CC)CC(C)(C)c1ccc2c(-c3cc(OC)c(C(=O)NC[C@@H]4C[C@@H]4F)c(OC(F)F)c3)cnn2c1. The maximum atomic E-state index is 13.4. The van der Waals surface area contributed by atoms with Gasteiger partial charge in [0.15, 0.2) is 0 Å². The Bertz CT molecular complexity index is 1320. The average Bonchev–Trinajstić information content (AvgIpc) is 3.46. The van der Waals surface area contributed by atoms with Crippen LogP contribution in [0.4, 0.5) is 13.2 Å². The summed E-state index contributed by atoms with van der Waals surface area (Å²) in [5, 5.41) is 7.17. The fraction of sp³-hybridized carbons (Fsp3) is 0.548. The monoisotopic (exact) mass is 559 g/mol. The number of amides is 1. The number of hydrogen-bond donors (Lipinski definition) is 1. The Labute approximate surface area is 234 Å². The number of fused-ring (bicyclic) bond motifs is 1. The van der Waals surface area contributed by atoms with Gasteiger partial charge >= 0.3 is 6.61 Å². The van der Waals surface area contributed by atoms with E-state index in [9.17, 15) is 18.0 Å². The molecule has 0 radical (unpaired) electrons. The van der Waals surface area contributed by atoms with E-state index in [1.165, 1.54) is 38.0 Å². The molecule has 2 aromatic heterocycles. The molecule has 1 aromatic carbocycles. The van der Waals surface area contributed by atoms with E-state index in [1.807, 2.05) is 12.3 Å². The van der Waals surface area contributed by atoms with E-state index in [1.54, 1.807) is 16.8 Å². The van der Waals surface area contributed by atoms with E-state index in [-0.39, 0.29) is 34.9 Å². The van der Waals surface area contributed by atoms with E-state index < -0.39 is 18.7 Å². The highest BCUT2D eigenvalue weighted by atomic mass is 19.3. The Morgan fingerprint density at radius 2 is 1.95 bits per heavy atom. The van der Waals surface area contributed by atoms with Gasteiger partial charge < -0.3 is 14.8 Å². The summed E-state index contributed by atoms with van der Waals surface area (Å²) in [7, 11) is 1.36. The third kappa shape index (κ3) is 6.73. The Hall–Kier alpha value is -3.23. The van der Waals surface area contributed by atoms with Crippen LogP contribution in [0.2, 0.25) is 0 Å². The summed E-state index contributed by atoms with van der Waals surface area (Å²) >= 11 is 0. The van der Waals surface area contributed by atoms with Gasteiger partial charge in [-0.05, 0) is 53.5 Å². The summed E-state index contributed by atoms with van der Waals surface area (Å²) in [6.07, 6.45) is 8.99. The van der Waals surface area contributed by atoms with Crippen LogP contribution in [0.15, 0.2) is 36.7 Å². The summed E-state index contributed by atoms with van der Waals surface area (Å²) in [6, 6.07) is 7.08. The second-order valence-electron chi connectivity index (χ2n) is 11.5. The molecular weight excluding hydrogens is 519 g/mol. The minimum Gasteiger partial charge on any atom is -0.496 e. The third-order valence-electron chi connectivity index (χ3n) is 8.04. The molecule has 1 aliphatic rings. The molecule has 1 amide bonds. The van der Waals surface area contributed by atoms with Crippen LogP contribution in [-0.2, 0) is 5.41 Å². The zero-order valence-electron chi connectivity index (χ0n) is 24.0. The van der Waals surface area contributed by atoms with Crippen LogP contribution in [0.5, 0.6) is 11.5 Å². The van der Waals surface area contributed by atoms with Gasteiger partial charge in [-0.15, -0.1) is 0 Å². The molecule has 40 heavy (non-hydrogen) atoms. The van der Waals surface area contributed by atoms with Crippen molar-refractivity contribution < 1.29 is 27.4 Å². The first-order chi connectivity index (χ1) is 19.1. The Morgan fingerprint density at radius 3 is 2.58 bits per heavy atom. The fourth-order valence-electron chi connectivity index (χ4n) is 5.44. The number of unbranched alkanes of at least 4 members (excludes halogenated alkanes) is 1. The van der Waals surface area contributed by atoms with Crippen LogP contribution in [0.1, 0.15) is 82.1 Å². The van der Waals surface area contributed by atoms with Crippen LogP contribution in [-0.4, -0.2) is 42.0 Å². The number of carbonyl (C=O) groups excluding carboxylic acids is 1. The van der Waals surface area contributed by atoms with Gasteiger partial charge in [-0.3, -0.25) is 4.79 Å². The van der Waals surface area contributed by atoms with Crippen molar-refractivity contribution in [3.05, 3.63) is 47.8 Å². The van der Waals surface area contributed by atoms with Gasteiger partial charge in [-0.1, -0.05) is 59.4 Å². The minimum absolute atomic E-state index is 0.0478. The van der Waals surface area contributed by atoms with Crippen molar-refractivity contribution in [2.24, 2.45) is 11.8 Å². The molecule has 0 spiro atoms. The van der Waals surface area contributed by atoms with Crippen molar-refractivity contribution in [1.82, 2.24) is 14.9 Å². The van der Waals surface area contributed by atoms with Gasteiger partial charge in [0, 0.05) is 24.2 Å². The number of carbonyl (C=O) groups is 1. The zero-order chi connectivity index (χ0) is 29.0. The molecule has 1 aliphatic carbocycles. The molecule has 4 rings (SSSR count). The summed E-state index contributed by atoms with van der Waals surface area (Å²) in [4.78, 5) is 12.9. The normalized spacial score (nSPS) is 17.7. The minimum atomic E-state index is -3.15. The first kappa shape index (κ1) is 29.7. The number of pyridine rings is 1. The predicted molar refractivity (Wildman–Crippen MR) is 150 cm³/mol. The summed E-state index contributed by atoms with van der Waals surface area (Å²) < 4.78 is 52.0. The molecule has 3 aromatic rings. The lowest BCUT2D eigenvalue weighted by molar-refractivity contribution is -0.0502. The zero-order valence-corrected chi connectivity index (χ0v) is 24.0. The van der Waals surface area contributed by atoms with Crippen LogP contribution < -0.4 is 14.8 Å². The van der Waals surface area contributed by atoms with E-state index in [4.69, 9.17) is 9.47 Å². The third-order valence-corrected chi connectivity index (χ3v) is 8.04. The number of nitrogens with zero attached hydrogens (tertiary/aromatic N) is 2. The Kier molecular flexibility index (Phi) is 9.31. The van der Waals surface area contributed by atoms with Crippen LogP contribution >= 0.6 is 0 Å². The summed E-state index contributed by atoms with van der Waals surface area (Å²) in [5.74, 6) is -0.504. The lowest BCUT2D eigenvalue weighted by atomic mass is 9.75. The van der Waals surface area contributed by atoms with Crippen molar-refractivity contribution in [2.45, 2.75) is 84.4 Å². The number of rotatable bonds is 14. The number of hydrogen-bond acceptors (Lipinski definition) is 4. The lowest BCUT2D eigenvalue weighted by Gasteiger charge is -2.30. The van der Waals surface area contributed by atoms with Crippen LogP contribution in [0.25, 0.3) is 16.6 Å². The highest BCUT2D eigenvalue weighted by Crippen LogP contribution is 2.39. The van der Waals surface area contributed by atoms with Gasteiger partial charge in [0.1, 0.15) is 23.2 Å². The first-order valence-electron chi connectivity index (χ1n) is 14.1. The van der Waals surface area contributed by atoms with E-state index in [0.717, 1.165) is 18.4 Å². The van der Waals surface area contributed by atoms with Crippen molar-refractivity contribution >= 4 is 11.4 Å². The number of benzene rings is 1. The van der Waals surface area contributed by atoms with Gasteiger partial charge in [-0.25, -0.2) is 8.91 Å². The molecule has 3 atom stereocenters. The van der Waals surface area contributed by atoms with Crippen molar-refractivity contribution in [3.63, 3.8) is 0 Å². The standard InChI is InChI=1S/C31H40F3N3O3/c1-6-8-9-19(7-2)15-31(3,4)22-10-11-25-23(17-36-37(25)18-22)20-13-26(39-5)28(27(14-20)40-30(33)34)29(38)35-16-21-12-24(21)32/h10-11,13-14,17-19,21,24,30H,6-9,12,15-16H2,1-5H3,(H,35,38)/t19?,21-,24-/m0/s1. The summed E-state index contributed by atoms with van der Waals surface area (Å²) in [5.41, 5.74) is 2.94. The topological polar surface area (TPSA) is 64.9 Å². The summed E-state index contributed by atoms with van der Waals surface area (Å²) in [6.45, 7) is 5.95. The highest BCUT2D eigenvalue weighted by molar-refractivity contribution is 6.01. The van der Waals surface area contributed by atoms with Crippen LogP contribution in [0, 0.1) is 11.8 Å². The number of nitrogens with one attached hydrogen (secondary N) is 1. The molecule has 6 nitrogen and oxygen atoms in total. The molecule has 1 saturated carbocycles. The average molecular weight is 560 g/mol. The number of methoxy groups -OCH3 is 1. The van der Waals surface area contributed by atoms with Crippen molar-refractivity contribution in [1.29, 1.82) is 0 Å². The Balaban J connectivity index is 1.66. The molecule has 218 valence electrons. The molecule has 1 fully saturated rings. The highest BCUT2D eigenvalue weighted by Gasteiger charge is 2.37. The predicted octanol–water partition coefficient (Wildman–Crippen LogP) is 7.58. The van der Waals surface area contributed by atoms with E-state index >= 15 is 0 Å². The molecule has 1 N–H and O–H groups in total. The fourth-order valence-corrected chi connectivity index (χ4v) is 5.44. The van der Waals surface area contributed by atoms with Gasteiger partial charge in [0.25, 0.3) is 5.91 Å².